The molecule has 156 valence electrons. The first kappa shape index (κ1) is 16.4. The third kappa shape index (κ3) is 1.44. The Morgan fingerprint density at radius 2 is 1.76 bits per heavy atom. The molecule has 0 saturated heterocycles. The number of quaternary nitrogens is 1. The van der Waals surface area contributed by atoms with Crippen LogP contribution in [0.15, 0.2) is 95.1 Å². The molecular weight excluding hydrogens is 442 g/mol. The Morgan fingerprint density at radius 3 is 2.76 bits per heavy atom. The van der Waals surface area contributed by atoms with Gasteiger partial charge in [0, 0.05) is 27.7 Å². The topological polar surface area (TPSA) is 34.8 Å². The standard InChI is InChI=1S/C27H14N5OS/c1-2-13-29-17(7-1)15-5-3-8-18-25(15)32(29)26-19(33-18)9-10-20-24(26)31-23-21(34-20)11-12-28-22(23)16-6-4-14-30(32)27(16)31/h1-14H/q+3. The molecule has 6 nitrogen and oxygen atoms in total. The van der Waals surface area contributed by atoms with Gasteiger partial charge in [-0.3, -0.25) is 4.98 Å². The van der Waals surface area contributed by atoms with Gasteiger partial charge >= 0.3 is 11.3 Å². The molecule has 4 aliphatic rings. The fourth-order valence-electron chi connectivity index (χ4n) is 6.53. The predicted octanol–water partition coefficient (Wildman–Crippen LogP) is 5.18. The number of fused-ring (bicyclic) bond motifs is 3. The zero-order valence-electron chi connectivity index (χ0n) is 17.6. The van der Waals surface area contributed by atoms with Crippen molar-refractivity contribution in [1.29, 1.82) is 0 Å². The summed E-state index contributed by atoms with van der Waals surface area (Å²) < 4.78 is 14.2. The Bertz CT molecular complexity index is 1990. The number of nitrogens with zero attached hydrogens (tertiary/aromatic N) is 5. The highest BCUT2D eigenvalue weighted by atomic mass is 32.2. The lowest BCUT2D eigenvalue weighted by Crippen LogP contribution is -2.84. The van der Waals surface area contributed by atoms with E-state index in [0.29, 0.717) is 4.70 Å². The van der Waals surface area contributed by atoms with Crippen molar-refractivity contribution in [2.75, 3.05) is 0 Å². The number of pyridine rings is 3. The van der Waals surface area contributed by atoms with Crippen molar-refractivity contribution in [3.63, 3.8) is 0 Å². The molecular formula is C27H14N5OS+3. The highest BCUT2D eigenvalue weighted by Gasteiger charge is 2.70. The maximum atomic E-state index is 6.64. The lowest BCUT2D eigenvalue weighted by Gasteiger charge is -2.33. The van der Waals surface area contributed by atoms with E-state index >= 15 is 0 Å². The van der Waals surface area contributed by atoms with Gasteiger partial charge in [0.05, 0.1) is 9.79 Å². The minimum Gasteiger partial charge on any atom is -0.444 e. The third-order valence-corrected chi connectivity index (χ3v) is 8.73. The van der Waals surface area contributed by atoms with Crippen molar-refractivity contribution in [2.24, 2.45) is 0 Å². The Labute approximate surface area is 197 Å². The molecule has 1 unspecified atom stereocenters. The van der Waals surface area contributed by atoms with Gasteiger partial charge in [0.1, 0.15) is 21.2 Å². The Kier molecular flexibility index (Phi) is 2.41. The number of rotatable bonds is 0. The van der Waals surface area contributed by atoms with E-state index in [1.165, 1.54) is 32.3 Å². The smallest absolute Gasteiger partial charge is 0.354 e. The fourth-order valence-corrected chi connectivity index (χ4v) is 7.60. The number of hydrogen-bond acceptors (Lipinski definition) is 3. The van der Waals surface area contributed by atoms with Gasteiger partial charge in [0.25, 0.3) is 11.4 Å². The molecule has 10 rings (SSSR count). The van der Waals surface area contributed by atoms with Gasteiger partial charge in [0.2, 0.25) is 17.6 Å². The van der Waals surface area contributed by atoms with Crippen molar-refractivity contribution >= 4 is 45.2 Å². The third-order valence-electron chi connectivity index (χ3n) is 7.63. The van der Waals surface area contributed by atoms with Crippen LogP contribution in [0, 0.1) is 0 Å². The van der Waals surface area contributed by atoms with Gasteiger partial charge in [-0.15, -0.1) is 0 Å². The molecule has 2 aromatic carbocycles. The van der Waals surface area contributed by atoms with Crippen LogP contribution in [0.1, 0.15) is 0 Å². The predicted molar refractivity (Wildman–Crippen MR) is 127 cm³/mol. The summed E-state index contributed by atoms with van der Waals surface area (Å²) in [5.74, 6) is 1.78. The minimum atomic E-state index is 0.406. The van der Waals surface area contributed by atoms with Crippen LogP contribution in [0.3, 0.4) is 0 Å². The van der Waals surface area contributed by atoms with E-state index in [0.717, 1.165) is 39.4 Å². The molecule has 0 aliphatic carbocycles. The summed E-state index contributed by atoms with van der Waals surface area (Å²) >= 11 is 1.82. The van der Waals surface area contributed by atoms with Crippen LogP contribution in [-0.4, -0.2) is 9.55 Å². The highest BCUT2D eigenvalue weighted by Crippen LogP contribution is 2.62. The maximum Gasteiger partial charge on any atom is 0.354 e. The molecule has 34 heavy (non-hydrogen) atoms. The second kappa shape index (κ2) is 4.99. The average Bonchev–Trinajstić information content (AvgIpc) is 3.38. The molecule has 4 aliphatic heterocycles. The zero-order chi connectivity index (χ0) is 21.8. The molecule has 1 atom stereocenters. The SMILES string of the molecule is c1cc2c3c(c1)-c1cccc[n+]1[N+]31c3c(ccc4c3-n3c5c(ccnc5c5ccc[n+]1c53)S4)O2. The number of para-hydroxylation sites is 1. The van der Waals surface area contributed by atoms with Crippen LogP contribution in [0.2, 0.25) is 0 Å². The lowest BCUT2D eigenvalue weighted by atomic mass is 10.1. The molecule has 1 spiro atoms. The van der Waals surface area contributed by atoms with Crippen molar-refractivity contribution in [3.8, 4) is 28.4 Å². The normalized spacial score (nSPS) is 18.8. The number of hydrogen-bond donors (Lipinski definition) is 0. The second-order valence-electron chi connectivity index (χ2n) is 9.08. The van der Waals surface area contributed by atoms with Gasteiger partial charge in [-0.2, -0.15) is 4.57 Å². The molecule has 0 bridgehead atoms. The molecule has 0 radical (unpaired) electrons. The van der Waals surface area contributed by atoms with E-state index in [1.54, 1.807) is 0 Å². The molecule has 0 amide bonds. The first-order valence-corrected chi connectivity index (χ1v) is 12.1. The lowest BCUT2D eigenvalue weighted by molar-refractivity contribution is -1.02. The van der Waals surface area contributed by atoms with E-state index in [4.69, 9.17) is 9.72 Å². The first-order valence-electron chi connectivity index (χ1n) is 11.3. The molecule has 0 saturated carbocycles. The van der Waals surface area contributed by atoms with Gasteiger partial charge in [0.15, 0.2) is 17.5 Å². The molecule has 4 aromatic heterocycles. The zero-order valence-corrected chi connectivity index (χ0v) is 18.5. The van der Waals surface area contributed by atoms with E-state index < -0.39 is 0 Å². The minimum absolute atomic E-state index is 0.406. The van der Waals surface area contributed by atoms with E-state index in [1.807, 2.05) is 18.0 Å². The average molecular weight is 457 g/mol. The van der Waals surface area contributed by atoms with Crippen LogP contribution in [0.25, 0.3) is 39.0 Å². The van der Waals surface area contributed by atoms with E-state index in [2.05, 4.69) is 93.0 Å². The van der Waals surface area contributed by atoms with Crippen LogP contribution < -0.4 is 18.8 Å². The van der Waals surface area contributed by atoms with Gasteiger partial charge in [-0.05, 0) is 48.5 Å². The van der Waals surface area contributed by atoms with Crippen molar-refractivity contribution < 1.29 is 14.1 Å². The van der Waals surface area contributed by atoms with E-state index in [-0.39, 0.29) is 0 Å². The molecule has 6 aromatic rings. The number of aromatic nitrogens is 4. The van der Waals surface area contributed by atoms with Gasteiger partial charge < -0.3 is 4.74 Å². The Morgan fingerprint density at radius 1 is 0.824 bits per heavy atom. The van der Waals surface area contributed by atoms with Crippen LogP contribution >= 0.6 is 11.8 Å². The monoisotopic (exact) mass is 456 g/mol. The van der Waals surface area contributed by atoms with Crippen LogP contribution in [-0.2, 0) is 0 Å². The fraction of sp³-hybridized carbons (Fsp3) is 0. The molecule has 7 heteroatoms. The van der Waals surface area contributed by atoms with Crippen molar-refractivity contribution in [2.45, 2.75) is 9.79 Å². The second-order valence-corrected chi connectivity index (χ2v) is 10.2. The van der Waals surface area contributed by atoms with Crippen LogP contribution in [0.4, 0.5) is 11.4 Å². The molecule has 8 heterocycles. The van der Waals surface area contributed by atoms with E-state index in [9.17, 15) is 0 Å². The summed E-state index contributed by atoms with van der Waals surface area (Å²) in [5, 5.41) is 1.16. The first-order chi connectivity index (χ1) is 16.9. The Balaban J connectivity index is 1.59. The highest BCUT2D eigenvalue weighted by molar-refractivity contribution is 7.99. The number of benzene rings is 2. The van der Waals surface area contributed by atoms with Crippen molar-refractivity contribution in [3.05, 3.63) is 85.3 Å². The molecule has 0 N–H and O–H groups in total. The van der Waals surface area contributed by atoms with Crippen LogP contribution in [0.5, 0.6) is 11.5 Å². The summed E-state index contributed by atoms with van der Waals surface area (Å²) in [7, 11) is 0. The molecule has 0 fully saturated rings. The summed E-state index contributed by atoms with van der Waals surface area (Å²) in [4.78, 5) is 7.33. The summed E-state index contributed by atoms with van der Waals surface area (Å²) in [5.41, 5.74) is 9.21. The Hall–Kier alpha value is -4.20. The maximum absolute atomic E-state index is 6.64. The van der Waals surface area contributed by atoms with Crippen molar-refractivity contribution in [1.82, 2.24) is 14.3 Å². The summed E-state index contributed by atoms with van der Waals surface area (Å²) in [6.45, 7) is 0. The number of ether oxygens (including phenoxy) is 1. The quantitative estimate of drug-likeness (QED) is 0.233. The summed E-state index contributed by atoms with van der Waals surface area (Å²) in [6.07, 6.45) is 6.33. The summed E-state index contributed by atoms with van der Waals surface area (Å²) in [6, 6.07) is 23.6. The largest absolute Gasteiger partial charge is 0.444 e. The van der Waals surface area contributed by atoms with Gasteiger partial charge in [-0.1, -0.05) is 17.8 Å². The van der Waals surface area contributed by atoms with Gasteiger partial charge in [-0.25, -0.2) is 0 Å².